The molecule has 20 heavy (non-hydrogen) atoms. The number of hydrogen-bond donors (Lipinski definition) is 1. The molecule has 1 N–H and O–H groups in total. The van der Waals surface area contributed by atoms with Crippen LogP contribution in [0.4, 0.5) is 0 Å². The maximum atomic E-state index is 10.2. The Morgan fingerprint density at radius 1 is 1.10 bits per heavy atom. The van der Waals surface area contributed by atoms with E-state index in [4.69, 9.17) is 4.84 Å². The molecule has 0 spiro atoms. The Balaban J connectivity index is 2.01. The van der Waals surface area contributed by atoms with Gasteiger partial charge in [0.2, 0.25) is 0 Å². The predicted octanol–water partition coefficient (Wildman–Crippen LogP) is 3.69. The number of nitrogens with zero attached hydrogens (tertiary/aromatic N) is 1. The van der Waals surface area contributed by atoms with Crippen molar-refractivity contribution >= 4 is 0 Å². The van der Waals surface area contributed by atoms with E-state index in [1.165, 1.54) is 6.42 Å². The topological polar surface area (TPSA) is 32.7 Å². The first kappa shape index (κ1) is 15.5. The second kappa shape index (κ2) is 5.84. The van der Waals surface area contributed by atoms with Gasteiger partial charge in [-0.25, -0.2) is 0 Å². The van der Waals surface area contributed by atoms with Crippen molar-refractivity contribution < 1.29 is 9.94 Å². The van der Waals surface area contributed by atoms with Gasteiger partial charge in [-0.1, -0.05) is 30.3 Å². The van der Waals surface area contributed by atoms with E-state index >= 15 is 0 Å². The first-order chi connectivity index (χ1) is 9.33. The highest BCUT2D eigenvalue weighted by Crippen LogP contribution is 2.38. The smallest absolute Gasteiger partial charge is 0.104 e. The molecule has 0 bridgehead atoms. The van der Waals surface area contributed by atoms with Gasteiger partial charge in [-0.2, -0.15) is 5.06 Å². The Kier molecular flexibility index (Phi) is 4.52. The molecular formula is C17H27NO2. The number of hydrogen-bond acceptors (Lipinski definition) is 3. The SMILES string of the molecule is CC1(C)CCCC(C)(C)N1OCC(O)c1ccccc1. The van der Waals surface area contributed by atoms with Gasteiger partial charge in [0.25, 0.3) is 0 Å². The maximum Gasteiger partial charge on any atom is 0.104 e. The molecule has 1 saturated heterocycles. The van der Waals surface area contributed by atoms with Crippen LogP contribution in [-0.2, 0) is 4.84 Å². The van der Waals surface area contributed by atoms with Crippen LogP contribution in [0.3, 0.4) is 0 Å². The summed E-state index contributed by atoms with van der Waals surface area (Å²) in [6.07, 6.45) is 2.89. The van der Waals surface area contributed by atoms with Crippen LogP contribution < -0.4 is 0 Å². The summed E-state index contributed by atoms with van der Waals surface area (Å²) in [6, 6.07) is 9.69. The lowest BCUT2D eigenvalue weighted by atomic mass is 9.82. The first-order valence-electron chi connectivity index (χ1n) is 7.49. The molecule has 0 aliphatic carbocycles. The predicted molar refractivity (Wildman–Crippen MR) is 81.2 cm³/mol. The van der Waals surface area contributed by atoms with E-state index in [2.05, 4.69) is 32.8 Å². The Morgan fingerprint density at radius 3 is 2.20 bits per heavy atom. The van der Waals surface area contributed by atoms with E-state index in [0.717, 1.165) is 18.4 Å². The lowest BCUT2D eigenvalue weighted by molar-refractivity contribution is -0.290. The van der Waals surface area contributed by atoms with E-state index in [-0.39, 0.29) is 11.1 Å². The average molecular weight is 277 g/mol. The molecule has 2 rings (SSSR count). The summed E-state index contributed by atoms with van der Waals surface area (Å²) in [5, 5.41) is 12.3. The molecule has 1 unspecified atom stereocenters. The van der Waals surface area contributed by atoms with Crippen LogP contribution in [-0.4, -0.2) is 27.9 Å². The zero-order valence-electron chi connectivity index (χ0n) is 13.1. The zero-order chi connectivity index (χ0) is 14.8. The Morgan fingerprint density at radius 2 is 1.65 bits per heavy atom. The Labute approximate surface area is 122 Å². The molecule has 3 nitrogen and oxygen atoms in total. The van der Waals surface area contributed by atoms with Gasteiger partial charge in [0, 0.05) is 11.1 Å². The molecule has 1 heterocycles. The quantitative estimate of drug-likeness (QED) is 0.911. The average Bonchev–Trinajstić information content (AvgIpc) is 2.37. The van der Waals surface area contributed by atoms with Gasteiger partial charge in [-0.15, -0.1) is 0 Å². The molecule has 1 fully saturated rings. The number of hydroxylamine groups is 2. The monoisotopic (exact) mass is 277 g/mol. The summed E-state index contributed by atoms with van der Waals surface area (Å²) in [4.78, 5) is 6.01. The third-order valence-corrected chi connectivity index (χ3v) is 4.22. The van der Waals surface area contributed by atoms with Gasteiger partial charge >= 0.3 is 0 Å². The minimum Gasteiger partial charge on any atom is -0.386 e. The second-order valence-electron chi connectivity index (χ2n) is 7.00. The van der Waals surface area contributed by atoms with Crippen LogP contribution in [0.5, 0.6) is 0 Å². The van der Waals surface area contributed by atoms with Crippen LogP contribution in [0.2, 0.25) is 0 Å². The van der Waals surface area contributed by atoms with Crippen molar-refractivity contribution in [3.8, 4) is 0 Å². The van der Waals surface area contributed by atoms with E-state index in [1.807, 2.05) is 30.3 Å². The first-order valence-corrected chi connectivity index (χ1v) is 7.49. The fraction of sp³-hybridized carbons (Fsp3) is 0.647. The third-order valence-electron chi connectivity index (χ3n) is 4.22. The minimum absolute atomic E-state index is 0.0121. The summed E-state index contributed by atoms with van der Waals surface area (Å²) in [5.41, 5.74) is 0.927. The van der Waals surface area contributed by atoms with E-state index < -0.39 is 6.10 Å². The van der Waals surface area contributed by atoms with Gasteiger partial charge in [-0.3, -0.25) is 4.84 Å². The van der Waals surface area contributed by atoms with Crippen molar-refractivity contribution in [1.29, 1.82) is 0 Å². The lowest BCUT2D eigenvalue weighted by Crippen LogP contribution is -2.58. The van der Waals surface area contributed by atoms with Gasteiger partial charge < -0.3 is 5.11 Å². The Hall–Kier alpha value is -0.900. The van der Waals surface area contributed by atoms with E-state index in [0.29, 0.717) is 6.61 Å². The van der Waals surface area contributed by atoms with Gasteiger partial charge in [0.15, 0.2) is 0 Å². The van der Waals surface area contributed by atoms with Gasteiger partial charge in [0.1, 0.15) is 6.10 Å². The van der Waals surface area contributed by atoms with Crippen LogP contribution in [0, 0.1) is 0 Å². The lowest BCUT2D eigenvalue weighted by Gasteiger charge is -2.51. The fourth-order valence-corrected chi connectivity index (χ4v) is 3.24. The maximum absolute atomic E-state index is 10.2. The summed E-state index contributed by atoms with van der Waals surface area (Å²) in [5.74, 6) is 0. The second-order valence-corrected chi connectivity index (χ2v) is 7.00. The standard InChI is InChI=1S/C17H27NO2/c1-16(2)11-8-12-17(3,4)18(16)20-13-15(19)14-9-6-5-7-10-14/h5-7,9-10,15,19H,8,11-13H2,1-4H3. The van der Waals surface area contributed by atoms with E-state index in [9.17, 15) is 5.11 Å². The van der Waals surface area contributed by atoms with Crippen molar-refractivity contribution in [2.24, 2.45) is 0 Å². The van der Waals surface area contributed by atoms with Gasteiger partial charge in [0.05, 0.1) is 6.61 Å². The molecule has 0 amide bonds. The highest BCUT2D eigenvalue weighted by molar-refractivity contribution is 5.17. The Bertz CT molecular complexity index is 412. The van der Waals surface area contributed by atoms with Crippen molar-refractivity contribution in [3.63, 3.8) is 0 Å². The fourth-order valence-electron chi connectivity index (χ4n) is 3.24. The van der Waals surface area contributed by atoms with Crippen molar-refractivity contribution in [2.75, 3.05) is 6.61 Å². The molecule has 112 valence electrons. The van der Waals surface area contributed by atoms with Crippen LogP contribution >= 0.6 is 0 Å². The summed E-state index contributed by atoms with van der Waals surface area (Å²) in [6.45, 7) is 9.15. The highest BCUT2D eigenvalue weighted by Gasteiger charge is 2.42. The minimum atomic E-state index is -0.579. The molecule has 0 saturated carbocycles. The summed E-state index contributed by atoms with van der Waals surface area (Å²) < 4.78 is 0. The van der Waals surface area contributed by atoms with Crippen molar-refractivity contribution in [1.82, 2.24) is 5.06 Å². The number of benzene rings is 1. The van der Waals surface area contributed by atoms with Crippen LogP contribution in [0.1, 0.15) is 58.6 Å². The third kappa shape index (κ3) is 3.40. The molecule has 3 heteroatoms. The zero-order valence-corrected chi connectivity index (χ0v) is 13.1. The van der Waals surface area contributed by atoms with Crippen LogP contribution in [0.15, 0.2) is 30.3 Å². The van der Waals surface area contributed by atoms with Crippen LogP contribution in [0.25, 0.3) is 0 Å². The van der Waals surface area contributed by atoms with Gasteiger partial charge in [-0.05, 0) is 52.5 Å². The highest BCUT2D eigenvalue weighted by atomic mass is 16.7. The molecular weight excluding hydrogens is 250 g/mol. The molecule has 0 aromatic heterocycles. The molecule has 1 aromatic rings. The molecule has 1 aliphatic rings. The van der Waals surface area contributed by atoms with Crippen molar-refractivity contribution in [2.45, 2.75) is 64.1 Å². The van der Waals surface area contributed by atoms with Crippen molar-refractivity contribution in [3.05, 3.63) is 35.9 Å². The molecule has 1 aliphatic heterocycles. The molecule has 0 radical (unpaired) electrons. The number of aliphatic hydroxyl groups excluding tert-OH is 1. The van der Waals surface area contributed by atoms with E-state index in [1.54, 1.807) is 0 Å². The number of aliphatic hydroxyl groups is 1. The molecule has 1 atom stereocenters. The summed E-state index contributed by atoms with van der Waals surface area (Å²) in [7, 11) is 0. The molecule has 1 aromatic carbocycles. The normalized spacial score (nSPS) is 23.4. The largest absolute Gasteiger partial charge is 0.386 e. The number of piperidine rings is 1. The summed E-state index contributed by atoms with van der Waals surface area (Å²) >= 11 is 0. The number of rotatable bonds is 4.